The van der Waals surface area contributed by atoms with Gasteiger partial charge in [-0.05, 0) is 5.56 Å². The third kappa shape index (κ3) is 2.36. The molecule has 0 saturated carbocycles. The van der Waals surface area contributed by atoms with E-state index >= 15 is 0 Å². The maximum atomic E-state index is 12.3. The first-order valence-corrected chi connectivity index (χ1v) is 8.21. The zero-order chi connectivity index (χ0) is 14.2. The zero-order valence-electron chi connectivity index (χ0n) is 11.7. The number of thiazole rings is 1. The van der Waals surface area contributed by atoms with Crippen molar-refractivity contribution in [3.63, 3.8) is 0 Å². The van der Waals surface area contributed by atoms with Crippen LogP contribution in [0.4, 0.5) is 0 Å². The van der Waals surface area contributed by atoms with Crippen LogP contribution in [0.2, 0.25) is 0 Å². The summed E-state index contributed by atoms with van der Waals surface area (Å²) in [5, 5.41) is 1.84. The SMILES string of the molecule is O=C(c1cscn1)N1C[C@@H]2CN(Cc3ccccc3)[C@@H]2C1. The van der Waals surface area contributed by atoms with Crippen molar-refractivity contribution in [2.75, 3.05) is 19.6 Å². The number of amides is 1. The summed E-state index contributed by atoms with van der Waals surface area (Å²) in [6.07, 6.45) is 0. The summed E-state index contributed by atoms with van der Waals surface area (Å²) in [7, 11) is 0. The molecule has 1 aromatic carbocycles. The van der Waals surface area contributed by atoms with E-state index in [1.165, 1.54) is 16.9 Å². The molecule has 0 N–H and O–H groups in total. The van der Waals surface area contributed by atoms with Gasteiger partial charge in [0, 0.05) is 43.5 Å². The number of carbonyl (C=O) groups excluding carboxylic acids is 1. The Morgan fingerprint density at radius 2 is 2.10 bits per heavy atom. The Labute approximate surface area is 128 Å². The lowest BCUT2D eigenvalue weighted by molar-refractivity contribution is 0.0433. The number of nitrogens with zero attached hydrogens (tertiary/aromatic N) is 3. The van der Waals surface area contributed by atoms with E-state index in [2.05, 4.69) is 34.1 Å². The Balaban J connectivity index is 1.40. The summed E-state index contributed by atoms with van der Waals surface area (Å²) < 4.78 is 0. The van der Waals surface area contributed by atoms with Crippen molar-refractivity contribution in [2.24, 2.45) is 5.92 Å². The summed E-state index contributed by atoms with van der Waals surface area (Å²) in [5.74, 6) is 0.724. The lowest BCUT2D eigenvalue weighted by Gasteiger charge is -2.43. The molecular formula is C16H17N3OS. The summed E-state index contributed by atoms with van der Waals surface area (Å²) >= 11 is 1.48. The van der Waals surface area contributed by atoms with Crippen molar-refractivity contribution < 1.29 is 4.79 Å². The van der Waals surface area contributed by atoms with Gasteiger partial charge in [-0.2, -0.15) is 0 Å². The van der Waals surface area contributed by atoms with Crippen molar-refractivity contribution in [2.45, 2.75) is 12.6 Å². The molecule has 2 aliphatic rings. The van der Waals surface area contributed by atoms with Crippen LogP contribution in [0.25, 0.3) is 0 Å². The van der Waals surface area contributed by atoms with E-state index in [0.29, 0.717) is 17.7 Å². The van der Waals surface area contributed by atoms with Crippen LogP contribution in [-0.2, 0) is 6.54 Å². The van der Waals surface area contributed by atoms with Gasteiger partial charge in [-0.3, -0.25) is 9.69 Å². The van der Waals surface area contributed by atoms with Crippen LogP contribution in [0.1, 0.15) is 16.1 Å². The van der Waals surface area contributed by atoms with Crippen LogP contribution >= 0.6 is 11.3 Å². The van der Waals surface area contributed by atoms with Crippen molar-refractivity contribution in [1.29, 1.82) is 0 Å². The minimum absolute atomic E-state index is 0.0883. The molecule has 0 unspecified atom stereocenters. The van der Waals surface area contributed by atoms with Crippen molar-refractivity contribution in [3.05, 3.63) is 52.5 Å². The van der Waals surface area contributed by atoms with Gasteiger partial charge in [0.2, 0.25) is 0 Å². The first-order chi connectivity index (χ1) is 10.3. The number of carbonyl (C=O) groups is 1. The zero-order valence-corrected chi connectivity index (χ0v) is 12.5. The van der Waals surface area contributed by atoms with Gasteiger partial charge in [0.15, 0.2) is 0 Å². The molecule has 0 spiro atoms. The first-order valence-electron chi connectivity index (χ1n) is 7.27. The highest BCUT2D eigenvalue weighted by atomic mass is 32.1. The number of benzene rings is 1. The molecular weight excluding hydrogens is 282 g/mol. The average Bonchev–Trinajstić information content (AvgIpc) is 3.13. The molecule has 4 rings (SSSR count). The Morgan fingerprint density at radius 1 is 1.24 bits per heavy atom. The number of hydrogen-bond donors (Lipinski definition) is 0. The second-order valence-corrected chi connectivity index (χ2v) is 6.54. The molecule has 2 saturated heterocycles. The highest BCUT2D eigenvalue weighted by Crippen LogP contribution is 2.34. The number of hydrogen-bond acceptors (Lipinski definition) is 4. The fourth-order valence-corrected chi connectivity index (χ4v) is 3.92. The van der Waals surface area contributed by atoms with E-state index in [9.17, 15) is 4.79 Å². The average molecular weight is 299 g/mol. The van der Waals surface area contributed by atoms with Crippen LogP contribution in [0.15, 0.2) is 41.2 Å². The standard InChI is InChI=1S/C16H17N3OS/c20-16(14-10-21-11-17-14)19-8-13-7-18(15(13)9-19)6-12-4-2-1-3-5-12/h1-5,10-11,13,15H,6-9H2/t13-,15+/m0/s1. The van der Waals surface area contributed by atoms with Crippen molar-refractivity contribution in [3.8, 4) is 0 Å². The van der Waals surface area contributed by atoms with Gasteiger partial charge < -0.3 is 4.90 Å². The monoisotopic (exact) mass is 299 g/mol. The van der Waals surface area contributed by atoms with E-state index in [-0.39, 0.29) is 5.91 Å². The Kier molecular flexibility index (Phi) is 3.24. The molecule has 0 radical (unpaired) electrons. The minimum Gasteiger partial charge on any atom is -0.335 e. The maximum absolute atomic E-state index is 12.3. The van der Waals surface area contributed by atoms with Gasteiger partial charge in [0.1, 0.15) is 5.69 Å². The topological polar surface area (TPSA) is 36.4 Å². The van der Waals surface area contributed by atoms with Crippen molar-refractivity contribution >= 4 is 17.2 Å². The predicted molar refractivity (Wildman–Crippen MR) is 82.1 cm³/mol. The molecule has 1 amide bonds. The number of likely N-dealkylation sites (tertiary alicyclic amines) is 2. The van der Waals surface area contributed by atoms with Gasteiger partial charge in [-0.15, -0.1) is 11.3 Å². The van der Waals surface area contributed by atoms with Crippen LogP contribution in [0.5, 0.6) is 0 Å². The van der Waals surface area contributed by atoms with Gasteiger partial charge in [-0.25, -0.2) is 4.98 Å². The molecule has 3 heterocycles. The van der Waals surface area contributed by atoms with E-state index in [1.807, 2.05) is 16.3 Å². The van der Waals surface area contributed by atoms with Crippen LogP contribution in [-0.4, -0.2) is 46.4 Å². The Morgan fingerprint density at radius 3 is 2.86 bits per heavy atom. The van der Waals surface area contributed by atoms with Gasteiger partial charge in [0.25, 0.3) is 5.91 Å². The molecule has 4 nitrogen and oxygen atoms in total. The number of rotatable bonds is 3. The lowest BCUT2D eigenvalue weighted by atomic mass is 9.91. The fourth-order valence-electron chi connectivity index (χ4n) is 3.39. The largest absolute Gasteiger partial charge is 0.335 e. The maximum Gasteiger partial charge on any atom is 0.273 e. The molecule has 108 valence electrons. The van der Waals surface area contributed by atoms with Crippen LogP contribution in [0, 0.1) is 5.92 Å². The minimum atomic E-state index is 0.0883. The molecule has 2 aromatic rings. The first kappa shape index (κ1) is 13.0. The Bertz CT molecular complexity index is 628. The Hall–Kier alpha value is -1.72. The van der Waals surface area contributed by atoms with Crippen LogP contribution in [0.3, 0.4) is 0 Å². The quantitative estimate of drug-likeness (QED) is 0.871. The molecule has 2 fully saturated rings. The summed E-state index contributed by atoms with van der Waals surface area (Å²) in [6.45, 7) is 3.81. The highest BCUT2D eigenvalue weighted by molar-refractivity contribution is 7.07. The second-order valence-electron chi connectivity index (χ2n) is 5.83. The molecule has 5 heteroatoms. The third-order valence-electron chi connectivity index (χ3n) is 4.51. The van der Waals surface area contributed by atoms with Gasteiger partial charge in [0.05, 0.1) is 5.51 Å². The smallest absolute Gasteiger partial charge is 0.273 e. The molecule has 0 aliphatic carbocycles. The van der Waals surface area contributed by atoms with Gasteiger partial charge in [-0.1, -0.05) is 30.3 Å². The molecule has 21 heavy (non-hydrogen) atoms. The molecule has 2 aliphatic heterocycles. The van der Waals surface area contributed by atoms with Crippen molar-refractivity contribution in [1.82, 2.24) is 14.8 Å². The van der Waals surface area contributed by atoms with Gasteiger partial charge >= 0.3 is 0 Å². The summed E-state index contributed by atoms with van der Waals surface area (Å²) in [5.41, 5.74) is 3.66. The lowest BCUT2D eigenvalue weighted by Crippen LogP contribution is -2.54. The van der Waals surface area contributed by atoms with E-state index in [4.69, 9.17) is 0 Å². The third-order valence-corrected chi connectivity index (χ3v) is 5.10. The summed E-state index contributed by atoms with van der Waals surface area (Å²) in [4.78, 5) is 20.9. The van der Waals surface area contributed by atoms with E-state index in [1.54, 1.807) is 5.51 Å². The number of aromatic nitrogens is 1. The predicted octanol–water partition coefficient (Wildman–Crippen LogP) is 2.10. The normalized spacial score (nSPS) is 24.7. The van der Waals surface area contributed by atoms with E-state index in [0.717, 1.165) is 26.2 Å². The number of fused-ring (bicyclic) bond motifs is 1. The second kappa shape index (κ2) is 5.24. The molecule has 1 aromatic heterocycles. The fraction of sp³-hybridized carbons (Fsp3) is 0.375. The molecule has 0 bridgehead atoms. The summed E-state index contributed by atoms with van der Waals surface area (Å²) in [6, 6.07) is 11.1. The van der Waals surface area contributed by atoms with Crippen LogP contribution < -0.4 is 0 Å². The molecule has 2 atom stereocenters. The highest BCUT2D eigenvalue weighted by Gasteiger charge is 2.46. The van der Waals surface area contributed by atoms with E-state index < -0.39 is 0 Å².